The van der Waals surface area contributed by atoms with Crippen molar-refractivity contribution in [2.75, 3.05) is 26.2 Å². The van der Waals surface area contributed by atoms with E-state index in [0.29, 0.717) is 31.7 Å². The Morgan fingerprint density at radius 2 is 1.66 bits per heavy atom. The van der Waals surface area contributed by atoms with E-state index in [2.05, 4.69) is 10.2 Å². The highest BCUT2D eigenvalue weighted by molar-refractivity contribution is 5.95. The molecule has 0 spiro atoms. The van der Waals surface area contributed by atoms with Crippen molar-refractivity contribution in [3.05, 3.63) is 65.4 Å². The molecule has 0 bridgehead atoms. The molecular formula is C25H28N4O3. The molecule has 7 nitrogen and oxygen atoms in total. The van der Waals surface area contributed by atoms with E-state index in [-0.39, 0.29) is 18.2 Å². The first-order valence-electron chi connectivity index (χ1n) is 10.8. The average molecular weight is 433 g/mol. The second kappa shape index (κ2) is 8.96. The molecule has 2 aromatic carbocycles. The molecule has 1 saturated heterocycles. The van der Waals surface area contributed by atoms with Crippen molar-refractivity contribution in [2.45, 2.75) is 25.9 Å². The Kier molecular flexibility index (Phi) is 6.10. The lowest BCUT2D eigenvalue weighted by Crippen LogP contribution is -2.51. The number of carbonyl (C=O) groups is 2. The standard InChI is InChI=1S/C25H28N4O3/c1-25(2,32)17-23(30)28-13-15-29(16-14-28)24(31)19-10-7-18(8-11-19)9-12-22-20-5-3-4-6-21(20)26-27-22/h3-12,32H,13-17H2,1-2H3,(H,26,27)/b12-9+. The van der Waals surface area contributed by atoms with Gasteiger partial charge in [-0.3, -0.25) is 14.7 Å². The van der Waals surface area contributed by atoms with E-state index in [1.165, 1.54) is 0 Å². The zero-order valence-corrected chi connectivity index (χ0v) is 18.4. The monoisotopic (exact) mass is 432 g/mol. The molecule has 166 valence electrons. The van der Waals surface area contributed by atoms with Gasteiger partial charge in [0.1, 0.15) is 0 Å². The number of benzene rings is 2. The van der Waals surface area contributed by atoms with Crippen molar-refractivity contribution in [1.29, 1.82) is 0 Å². The first-order valence-corrected chi connectivity index (χ1v) is 10.8. The Balaban J connectivity index is 1.35. The predicted molar refractivity (Wildman–Crippen MR) is 125 cm³/mol. The highest BCUT2D eigenvalue weighted by Gasteiger charge is 2.27. The second-order valence-electron chi connectivity index (χ2n) is 8.77. The summed E-state index contributed by atoms with van der Waals surface area (Å²) < 4.78 is 0. The Bertz CT molecular complexity index is 1130. The number of aromatic amines is 1. The number of hydrogen-bond donors (Lipinski definition) is 2. The van der Waals surface area contributed by atoms with Crippen LogP contribution in [0.1, 0.15) is 41.9 Å². The van der Waals surface area contributed by atoms with Crippen molar-refractivity contribution in [3.8, 4) is 0 Å². The van der Waals surface area contributed by atoms with E-state index in [1.807, 2.05) is 60.7 Å². The third kappa shape index (κ3) is 5.06. The number of para-hydroxylation sites is 1. The van der Waals surface area contributed by atoms with Gasteiger partial charge in [0.25, 0.3) is 5.91 Å². The summed E-state index contributed by atoms with van der Waals surface area (Å²) in [5.74, 6) is -0.112. The van der Waals surface area contributed by atoms with E-state index in [4.69, 9.17) is 0 Å². The lowest BCUT2D eigenvalue weighted by molar-refractivity contribution is -0.136. The predicted octanol–water partition coefficient (Wildman–Crippen LogP) is 3.18. The Labute approximate surface area is 187 Å². The third-order valence-electron chi connectivity index (χ3n) is 5.59. The van der Waals surface area contributed by atoms with Crippen LogP contribution in [-0.4, -0.2) is 68.7 Å². The fourth-order valence-corrected chi connectivity index (χ4v) is 3.85. The second-order valence-corrected chi connectivity index (χ2v) is 8.77. The van der Waals surface area contributed by atoms with Crippen molar-refractivity contribution in [1.82, 2.24) is 20.0 Å². The zero-order chi connectivity index (χ0) is 22.7. The van der Waals surface area contributed by atoms with Gasteiger partial charge in [-0.2, -0.15) is 5.10 Å². The number of piperazine rings is 1. The number of nitrogens with zero attached hydrogens (tertiary/aromatic N) is 3. The molecule has 1 aromatic heterocycles. The molecule has 0 saturated carbocycles. The van der Waals surface area contributed by atoms with Crippen LogP contribution in [0.5, 0.6) is 0 Å². The van der Waals surface area contributed by atoms with Crippen molar-refractivity contribution < 1.29 is 14.7 Å². The molecule has 3 aromatic rings. The normalized spacial score (nSPS) is 15.0. The summed E-state index contributed by atoms with van der Waals surface area (Å²) in [6.07, 6.45) is 4.02. The van der Waals surface area contributed by atoms with E-state index in [0.717, 1.165) is 22.2 Å². The van der Waals surface area contributed by atoms with Crippen molar-refractivity contribution in [2.24, 2.45) is 0 Å². The molecule has 1 aliphatic heterocycles. The molecule has 4 rings (SSSR count). The molecule has 0 aliphatic carbocycles. The van der Waals surface area contributed by atoms with Crippen LogP contribution in [0.25, 0.3) is 23.1 Å². The van der Waals surface area contributed by atoms with E-state index in [9.17, 15) is 14.7 Å². The van der Waals surface area contributed by atoms with Gasteiger partial charge in [-0.1, -0.05) is 36.4 Å². The number of carbonyl (C=O) groups excluding carboxylic acids is 2. The molecule has 0 unspecified atom stereocenters. The highest BCUT2D eigenvalue weighted by Crippen LogP contribution is 2.18. The van der Waals surface area contributed by atoms with Gasteiger partial charge in [-0.05, 0) is 43.7 Å². The summed E-state index contributed by atoms with van der Waals surface area (Å²) in [5, 5.41) is 18.3. The molecule has 0 atom stereocenters. The van der Waals surface area contributed by atoms with Gasteiger partial charge in [-0.15, -0.1) is 0 Å². The third-order valence-corrected chi connectivity index (χ3v) is 5.59. The van der Waals surface area contributed by atoms with Gasteiger partial charge >= 0.3 is 0 Å². The number of H-pyrrole nitrogens is 1. The maximum Gasteiger partial charge on any atom is 0.253 e. The van der Waals surface area contributed by atoms with Crippen molar-refractivity contribution in [3.63, 3.8) is 0 Å². The molecule has 1 aliphatic rings. The summed E-state index contributed by atoms with van der Waals surface area (Å²) in [5.41, 5.74) is 2.46. The highest BCUT2D eigenvalue weighted by atomic mass is 16.3. The lowest BCUT2D eigenvalue weighted by atomic mass is 10.0. The SMILES string of the molecule is CC(C)(O)CC(=O)N1CCN(C(=O)c2ccc(/C=C/c3n[nH]c4ccccc34)cc2)CC1. The Morgan fingerprint density at radius 3 is 2.34 bits per heavy atom. The largest absolute Gasteiger partial charge is 0.390 e. The number of fused-ring (bicyclic) bond motifs is 1. The molecule has 2 heterocycles. The van der Waals surface area contributed by atoms with E-state index < -0.39 is 5.60 Å². The van der Waals surface area contributed by atoms with Crippen molar-refractivity contribution >= 4 is 34.9 Å². The smallest absolute Gasteiger partial charge is 0.253 e. The topological polar surface area (TPSA) is 89.5 Å². The molecule has 7 heteroatoms. The van der Waals surface area contributed by atoms with E-state index in [1.54, 1.807) is 23.6 Å². The summed E-state index contributed by atoms with van der Waals surface area (Å²) in [4.78, 5) is 28.6. The molecule has 1 fully saturated rings. The van der Waals surface area contributed by atoms with Crippen LogP contribution in [0.2, 0.25) is 0 Å². The van der Waals surface area contributed by atoms with Gasteiger partial charge in [0.15, 0.2) is 0 Å². The van der Waals surface area contributed by atoms with Gasteiger partial charge in [-0.25, -0.2) is 0 Å². The summed E-state index contributed by atoms with van der Waals surface area (Å²) in [6.45, 7) is 5.20. The zero-order valence-electron chi connectivity index (χ0n) is 18.4. The van der Waals surface area contributed by atoms with Gasteiger partial charge in [0, 0.05) is 37.1 Å². The first kappa shape index (κ1) is 21.8. The summed E-state index contributed by atoms with van der Waals surface area (Å²) in [7, 11) is 0. The van der Waals surface area contributed by atoms with Crippen LogP contribution in [0.3, 0.4) is 0 Å². The lowest BCUT2D eigenvalue weighted by Gasteiger charge is -2.35. The van der Waals surface area contributed by atoms with Crippen LogP contribution in [-0.2, 0) is 4.79 Å². The van der Waals surface area contributed by atoms with Gasteiger partial charge in [0.2, 0.25) is 5.91 Å². The maximum atomic E-state index is 12.9. The minimum atomic E-state index is -1.02. The molecule has 2 amide bonds. The fourth-order valence-electron chi connectivity index (χ4n) is 3.85. The molecule has 2 N–H and O–H groups in total. The number of hydrogen-bond acceptors (Lipinski definition) is 4. The number of amides is 2. The molecular weight excluding hydrogens is 404 g/mol. The van der Waals surface area contributed by atoms with Crippen LogP contribution in [0.15, 0.2) is 48.5 Å². The minimum absolute atomic E-state index is 0.0339. The number of aliphatic hydroxyl groups is 1. The maximum absolute atomic E-state index is 12.9. The number of aromatic nitrogens is 2. The average Bonchev–Trinajstić information content (AvgIpc) is 3.20. The fraction of sp³-hybridized carbons (Fsp3) is 0.320. The number of nitrogens with one attached hydrogen (secondary N) is 1. The van der Waals surface area contributed by atoms with Crippen LogP contribution >= 0.6 is 0 Å². The Hall–Kier alpha value is -3.45. The first-order chi connectivity index (χ1) is 15.3. The van der Waals surface area contributed by atoms with Crippen LogP contribution in [0.4, 0.5) is 0 Å². The Morgan fingerprint density at radius 1 is 1.00 bits per heavy atom. The molecule has 32 heavy (non-hydrogen) atoms. The molecule has 0 radical (unpaired) electrons. The summed E-state index contributed by atoms with van der Waals surface area (Å²) >= 11 is 0. The quantitative estimate of drug-likeness (QED) is 0.648. The summed E-state index contributed by atoms with van der Waals surface area (Å²) in [6, 6.07) is 15.5. The van der Waals surface area contributed by atoms with Gasteiger partial charge < -0.3 is 14.9 Å². The number of rotatable bonds is 5. The van der Waals surface area contributed by atoms with Gasteiger partial charge in [0.05, 0.1) is 23.2 Å². The van der Waals surface area contributed by atoms with E-state index >= 15 is 0 Å². The van der Waals surface area contributed by atoms with Crippen LogP contribution in [0, 0.1) is 0 Å². The van der Waals surface area contributed by atoms with Crippen LogP contribution < -0.4 is 0 Å². The minimum Gasteiger partial charge on any atom is -0.390 e.